The number of nitrogens with zero attached hydrogens (tertiary/aromatic N) is 1. The minimum absolute atomic E-state index is 0.0353. The fraction of sp³-hybridized carbons (Fsp3) is 0.583. The Balaban J connectivity index is 2.65. The Bertz CT molecular complexity index is 318. The Kier molecular flexibility index (Phi) is 5.63. The van der Waals surface area contributed by atoms with Crippen molar-refractivity contribution in [3.63, 3.8) is 0 Å². The fourth-order valence-electron chi connectivity index (χ4n) is 1.32. The maximum absolute atomic E-state index is 6.06. The Hall–Kier alpha value is -0.740. The number of aromatic nitrogens is 1. The van der Waals surface area contributed by atoms with E-state index in [9.17, 15) is 0 Å². The van der Waals surface area contributed by atoms with Gasteiger partial charge in [-0.15, -0.1) is 0 Å². The molecule has 0 spiro atoms. The molecule has 90 valence electrons. The lowest BCUT2D eigenvalue weighted by molar-refractivity contribution is 0.241. The van der Waals surface area contributed by atoms with Crippen LogP contribution >= 0.6 is 11.8 Å². The van der Waals surface area contributed by atoms with Crippen molar-refractivity contribution in [2.75, 3.05) is 11.5 Å². The minimum Gasteiger partial charge on any atom is -0.489 e. The van der Waals surface area contributed by atoms with Gasteiger partial charge in [-0.2, -0.15) is 11.8 Å². The molecule has 16 heavy (non-hydrogen) atoms. The van der Waals surface area contributed by atoms with Gasteiger partial charge in [-0.1, -0.05) is 6.92 Å². The molecule has 0 aliphatic heterocycles. The summed E-state index contributed by atoms with van der Waals surface area (Å²) in [6, 6.07) is 2.02. The molecule has 0 radical (unpaired) electrons. The Morgan fingerprint density at radius 1 is 1.44 bits per heavy atom. The first-order valence-electron chi connectivity index (χ1n) is 5.58. The van der Waals surface area contributed by atoms with Crippen LogP contribution in [0.3, 0.4) is 0 Å². The highest BCUT2D eigenvalue weighted by atomic mass is 32.2. The summed E-state index contributed by atoms with van der Waals surface area (Å²) in [6.07, 6.45) is 3.70. The summed E-state index contributed by atoms with van der Waals surface area (Å²) in [5.74, 6) is 2.80. The van der Waals surface area contributed by atoms with Crippen LogP contribution in [0, 0.1) is 0 Å². The predicted octanol–water partition coefficient (Wildman–Crippen LogP) is 2.62. The molecular weight excluding hydrogens is 220 g/mol. The van der Waals surface area contributed by atoms with Gasteiger partial charge in [0.15, 0.2) is 0 Å². The third kappa shape index (κ3) is 4.41. The fourth-order valence-corrected chi connectivity index (χ4v) is 2.00. The normalized spacial score (nSPS) is 12.8. The standard InChI is InChI=1S/C12H20N2OS/c1-4-16-8-12(13)10-5-11(7-14-6-10)15-9(2)3/h5-7,9,12H,4,8,13H2,1-3H3. The van der Waals surface area contributed by atoms with Crippen LogP contribution in [-0.4, -0.2) is 22.6 Å². The van der Waals surface area contributed by atoms with Crippen LogP contribution in [0.25, 0.3) is 0 Å². The molecule has 1 atom stereocenters. The number of nitrogens with two attached hydrogens (primary N) is 1. The van der Waals surface area contributed by atoms with Crippen LogP contribution < -0.4 is 10.5 Å². The maximum atomic E-state index is 6.06. The first kappa shape index (κ1) is 13.3. The van der Waals surface area contributed by atoms with Crippen LogP contribution in [0.2, 0.25) is 0 Å². The number of ether oxygens (including phenoxy) is 1. The van der Waals surface area contributed by atoms with Crippen molar-refractivity contribution in [1.82, 2.24) is 4.98 Å². The molecule has 1 aromatic heterocycles. The van der Waals surface area contributed by atoms with Gasteiger partial charge in [-0.3, -0.25) is 4.98 Å². The molecule has 0 aliphatic carbocycles. The molecule has 0 amide bonds. The average molecular weight is 240 g/mol. The Labute approximate surface area is 102 Å². The Morgan fingerprint density at radius 2 is 2.19 bits per heavy atom. The molecule has 0 bridgehead atoms. The van der Waals surface area contributed by atoms with Crippen LogP contribution in [-0.2, 0) is 0 Å². The van der Waals surface area contributed by atoms with E-state index < -0.39 is 0 Å². The highest BCUT2D eigenvalue weighted by Gasteiger charge is 2.08. The second kappa shape index (κ2) is 6.76. The van der Waals surface area contributed by atoms with Crippen molar-refractivity contribution < 1.29 is 4.74 Å². The third-order valence-electron chi connectivity index (χ3n) is 2.04. The molecule has 1 unspecified atom stereocenters. The van der Waals surface area contributed by atoms with Gasteiger partial charge in [-0.25, -0.2) is 0 Å². The molecule has 0 saturated heterocycles. The summed E-state index contributed by atoms with van der Waals surface area (Å²) in [5, 5.41) is 0. The third-order valence-corrected chi connectivity index (χ3v) is 3.04. The maximum Gasteiger partial charge on any atom is 0.138 e. The molecule has 1 rings (SSSR count). The molecule has 4 heteroatoms. The molecular formula is C12H20N2OS. The highest BCUT2D eigenvalue weighted by Crippen LogP contribution is 2.20. The van der Waals surface area contributed by atoms with E-state index in [0.29, 0.717) is 0 Å². The molecule has 1 aromatic rings. The van der Waals surface area contributed by atoms with E-state index in [1.165, 1.54) is 0 Å². The van der Waals surface area contributed by atoms with E-state index >= 15 is 0 Å². The van der Waals surface area contributed by atoms with Gasteiger partial charge in [-0.05, 0) is 31.2 Å². The number of hydrogen-bond acceptors (Lipinski definition) is 4. The van der Waals surface area contributed by atoms with Crippen molar-refractivity contribution in [3.05, 3.63) is 24.0 Å². The summed E-state index contributed by atoms with van der Waals surface area (Å²) in [6.45, 7) is 6.13. The molecule has 0 fully saturated rings. The van der Waals surface area contributed by atoms with E-state index in [1.54, 1.807) is 6.20 Å². The van der Waals surface area contributed by atoms with Crippen molar-refractivity contribution in [1.29, 1.82) is 0 Å². The van der Waals surface area contributed by atoms with Crippen molar-refractivity contribution in [2.45, 2.75) is 32.9 Å². The monoisotopic (exact) mass is 240 g/mol. The summed E-state index contributed by atoms with van der Waals surface area (Å²) in [5.41, 5.74) is 7.11. The highest BCUT2D eigenvalue weighted by molar-refractivity contribution is 7.99. The molecule has 2 N–H and O–H groups in total. The van der Waals surface area contributed by atoms with Gasteiger partial charge in [0.2, 0.25) is 0 Å². The van der Waals surface area contributed by atoms with E-state index in [4.69, 9.17) is 10.5 Å². The predicted molar refractivity (Wildman–Crippen MR) is 69.9 cm³/mol. The smallest absolute Gasteiger partial charge is 0.138 e. The SMILES string of the molecule is CCSCC(N)c1cncc(OC(C)C)c1. The molecule has 0 aliphatic rings. The van der Waals surface area contributed by atoms with Crippen LogP contribution in [0.4, 0.5) is 0 Å². The second-order valence-electron chi connectivity index (χ2n) is 3.89. The zero-order chi connectivity index (χ0) is 12.0. The summed E-state index contributed by atoms with van der Waals surface area (Å²) in [4.78, 5) is 4.15. The van der Waals surface area contributed by atoms with Crippen molar-refractivity contribution >= 4 is 11.8 Å². The number of pyridine rings is 1. The summed E-state index contributed by atoms with van der Waals surface area (Å²) < 4.78 is 5.58. The van der Waals surface area contributed by atoms with Crippen molar-refractivity contribution in [2.24, 2.45) is 5.73 Å². The lowest BCUT2D eigenvalue weighted by atomic mass is 10.1. The van der Waals surface area contributed by atoms with Gasteiger partial charge in [0.25, 0.3) is 0 Å². The number of rotatable bonds is 6. The zero-order valence-electron chi connectivity index (χ0n) is 10.1. The van der Waals surface area contributed by atoms with Gasteiger partial charge in [0.05, 0.1) is 12.3 Å². The van der Waals surface area contributed by atoms with E-state index in [2.05, 4.69) is 11.9 Å². The molecule has 0 aromatic carbocycles. The topological polar surface area (TPSA) is 48.1 Å². The minimum atomic E-state index is 0.0353. The quantitative estimate of drug-likeness (QED) is 0.830. The zero-order valence-corrected chi connectivity index (χ0v) is 11.0. The van der Waals surface area contributed by atoms with Gasteiger partial charge in [0, 0.05) is 18.0 Å². The van der Waals surface area contributed by atoms with E-state index in [0.717, 1.165) is 22.8 Å². The largest absolute Gasteiger partial charge is 0.489 e. The Morgan fingerprint density at radius 3 is 2.81 bits per heavy atom. The van der Waals surface area contributed by atoms with Gasteiger partial charge < -0.3 is 10.5 Å². The summed E-state index contributed by atoms with van der Waals surface area (Å²) in [7, 11) is 0. The average Bonchev–Trinajstić information content (AvgIpc) is 2.25. The molecule has 1 heterocycles. The first-order valence-corrected chi connectivity index (χ1v) is 6.74. The second-order valence-corrected chi connectivity index (χ2v) is 5.21. The lowest BCUT2D eigenvalue weighted by Crippen LogP contribution is -2.14. The lowest BCUT2D eigenvalue weighted by Gasteiger charge is -2.14. The van der Waals surface area contributed by atoms with Gasteiger partial charge >= 0.3 is 0 Å². The van der Waals surface area contributed by atoms with Crippen LogP contribution in [0.5, 0.6) is 5.75 Å². The van der Waals surface area contributed by atoms with E-state index in [1.807, 2.05) is 37.9 Å². The number of hydrogen-bond donors (Lipinski definition) is 1. The number of thioether (sulfide) groups is 1. The van der Waals surface area contributed by atoms with E-state index in [-0.39, 0.29) is 12.1 Å². The van der Waals surface area contributed by atoms with Crippen LogP contribution in [0.15, 0.2) is 18.5 Å². The van der Waals surface area contributed by atoms with Gasteiger partial charge in [0.1, 0.15) is 5.75 Å². The summed E-state index contributed by atoms with van der Waals surface area (Å²) >= 11 is 1.84. The van der Waals surface area contributed by atoms with Crippen molar-refractivity contribution in [3.8, 4) is 5.75 Å². The molecule has 0 saturated carbocycles. The van der Waals surface area contributed by atoms with Crippen LogP contribution in [0.1, 0.15) is 32.4 Å². The molecule has 3 nitrogen and oxygen atoms in total. The first-order chi connectivity index (χ1) is 7.63.